The third-order valence-corrected chi connectivity index (χ3v) is 7.15. The van der Waals surface area contributed by atoms with Crippen molar-refractivity contribution in [2.24, 2.45) is 0 Å². The SMILES string of the molecule is CCN(C(COCn1ccc(=O)[nH]c1=O)CC(=O)NO)S(=O)(=O)c1ccc(Oc2ccccc2)cc1. The number of sulfonamides is 1. The Balaban J connectivity index is 1.78. The molecule has 0 aliphatic heterocycles. The Morgan fingerprint density at radius 3 is 2.36 bits per heavy atom. The van der Waals surface area contributed by atoms with Crippen molar-refractivity contribution >= 4 is 15.9 Å². The standard InChI is InChI=1S/C23H26N4O8S/c1-2-27(17(14-22(29)25-31)15-34-16-26-13-12-21(28)24-23(26)30)36(32,33)20-10-8-19(9-11-20)35-18-6-4-3-5-7-18/h3-13,17,31H,2,14-16H2,1H3,(H,25,29)(H,24,28,30). The first-order valence-electron chi connectivity index (χ1n) is 10.9. The minimum atomic E-state index is -4.08. The van der Waals surface area contributed by atoms with E-state index in [1.54, 1.807) is 19.1 Å². The zero-order valence-electron chi connectivity index (χ0n) is 19.4. The number of rotatable bonds is 12. The van der Waals surface area contributed by atoms with Gasteiger partial charge in [-0.1, -0.05) is 25.1 Å². The summed E-state index contributed by atoms with van der Waals surface area (Å²) in [6.07, 6.45) is 0.823. The van der Waals surface area contributed by atoms with Gasteiger partial charge in [-0.2, -0.15) is 4.31 Å². The van der Waals surface area contributed by atoms with Crippen LogP contribution in [0.2, 0.25) is 0 Å². The molecule has 2 aromatic carbocycles. The number of aromatic amines is 1. The third kappa shape index (κ3) is 6.88. The zero-order valence-corrected chi connectivity index (χ0v) is 20.2. The molecule has 0 fully saturated rings. The van der Waals surface area contributed by atoms with Crippen LogP contribution in [0.1, 0.15) is 13.3 Å². The lowest BCUT2D eigenvalue weighted by molar-refractivity contribution is -0.130. The van der Waals surface area contributed by atoms with E-state index in [1.807, 2.05) is 18.2 Å². The molecule has 3 aromatic rings. The first kappa shape index (κ1) is 26.8. The number of hydrogen-bond donors (Lipinski definition) is 3. The number of benzene rings is 2. The number of aromatic nitrogens is 2. The Morgan fingerprint density at radius 1 is 1.08 bits per heavy atom. The largest absolute Gasteiger partial charge is 0.457 e. The van der Waals surface area contributed by atoms with E-state index in [1.165, 1.54) is 35.9 Å². The maximum Gasteiger partial charge on any atom is 0.330 e. The van der Waals surface area contributed by atoms with Crippen molar-refractivity contribution in [1.82, 2.24) is 19.3 Å². The fourth-order valence-electron chi connectivity index (χ4n) is 3.40. The Hall–Kier alpha value is -3.78. The second-order valence-electron chi connectivity index (χ2n) is 7.57. The molecule has 1 aromatic heterocycles. The van der Waals surface area contributed by atoms with Crippen molar-refractivity contribution < 1.29 is 27.9 Å². The number of likely N-dealkylation sites (N-methyl/N-ethyl adjacent to an activating group) is 1. The Kier molecular flexibility index (Phi) is 9.13. The molecule has 1 unspecified atom stereocenters. The van der Waals surface area contributed by atoms with Gasteiger partial charge in [0.1, 0.15) is 18.2 Å². The monoisotopic (exact) mass is 518 g/mol. The van der Waals surface area contributed by atoms with E-state index in [4.69, 9.17) is 14.7 Å². The average Bonchev–Trinajstić information content (AvgIpc) is 2.86. The van der Waals surface area contributed by atoms with Gasteiger partial charge in [-0.05, 0) is 36.4 Å². The molecule has 12 nitrogen and oxygen atoms in total. The van der Waals surface area contributed by atoms with Crippen LogP contribution in [0.3, 0.4) is 0 Å². The topological polar surface area (TPSA) is 160 Å². The van der Waals surface area contributed by atoms with Gasteiger partial charge in [-0.15, -0.1) is 0 Å². The molecule has 36 heavy (non-hydrogen) atoms. The van der Waals surface area contributed by atoms with E-state index in [2.05, 4.69) is 4.98 Å². The molecule has 13 heteroatoms. The molecule has 3 rings (SSSR count). The summed E-state index contributed by atoms with van der Waals surface area (Å²) in [4.78, 5) is 37.0. The lowest BCUT2D eigenvalue weighted by atomic mass is 10.2. The fraction of sp³-hybridized carbons (Fsp3) is 0.261. The van der Waals surface area contributed by atoms with Crippen LogP contribution in [0, 0.1) is 0 Å². The maximum atomic E-state index is 13.4. The summed E-state index contributed by atoms with van der Waals surface area (Å²) < 4.78 is 40.2. The summed E-state index contributed by atoms with van der Waals surface area (Å²) in [6, 6.07) is 14.9. The van der Waals surface area contributed by atoms with Crippen LogP contribution >= 0.6 is 0 Å². The van der Waals surface area contributed by atoms with Crippen LogP contribution in [0.15, 0.2) is 81.3 Å². The van der Waals surface area contributed by atoms with E-state index in [-0.39, 0.29) is 24.8 Å². The molecule has 3 N–H and O–H groups in total. The van der Waals surface area contributed by atoms with Crippen molar-refractivity contribution in [2.45, 2.75) is 31.0 Å². The number of nitrogens with one attached hydrogen (secondary N) is 2. The summed E-state index contributed by atoms with van der Waals surface area (Å²) in [5.74, 6) is 0.219. The minimum absolute atomic E-state index is 0.00403. The van der Waals surface area contributed by atoms with Gasteiger partial charge in [0.05, 0.1) is 17.5 Å². The van der Waals surface area contributed by atoms with Crippen molar-refractivity contribution in [3.05, 3.63) is 87.7 Å². The van der Waals surface area contributed by atoms with Crippen LogP contribution in [-0.4, -0.2) is 52.6 Å². The highest BCUT2D eigenvalue weighted by molar-refractivity contribution is 7.89. The molecule has 1 heterocycles. The highest BCUT2D eigenvalue weighted by Gasteiger charge is 2.32. The Bertz CT molecular complexity index is 1370. The van der Waals surface area contributed by atoms with Gasteiger partial charge in [0.2, 0.25) is 15.9 Å². The number of carbonyl (C=O) groups excluding carboxylic acids is 1. The third-order valence-electron chi connectivity index (χ3n) is 5.11. The number of hydroxylamine groups is 1. The molecule has 0 saturated heterocycles. The Labute approximate surface area is 206 Å². The number of carbonyl (C=O) groups is 1. The Morgan fingerprint density at radius 2 is 1.75 bits per heavy atom. The van der Waals surface area contributed by atoms with Crippen LogP contribution in [0.25, 0.3) is 0 Å². The van der Waals surface area contributed by atoms with E-state index in [0.717, 1.165) is 14.9 Å². The first-order valence-corrected chi connectivity index (χ1v) is 12.3. The van der Waals surface area contributed by atoms with Gasteiger partial charge in [0, 0.05) is 25.2 Å². The van der Waals surface area contributed by atoms with Gasteiger partial charge in [-0.3, -0.25) is 24.3 Å². The van der Waals surface area contributed by atoms with Gasteiger partial charge < -0.3 is 9.47 Å². The summed E-state index contributed by atoms with van der Waals surface area (Å²) in [5, 5.41) is 8.97. The molecule has 0 spiro atoms. The number of para-hydroxylation sites is 1. The molecule has 0 bridgehead atoms. The molecule has 0 aliphatic rings. The number of hydrogen-bond acceptors (Lipinski definition) is 8. The molecular formula is C23H26N4O8S. The second kappa shape index (κ2) is 12.3. The smallest absolute Gasteiger partial charge is 0.330 e. The van der Waals surface area contributed by atoms with Crippen LogP contribution in [0.5, 0.6) is 11.5 Å². The first-order chi connectivity index (χ1) is 17.2. The maximum absolute atomic E-state index is 13.4. The fourth-order valence-corrected chi connectivity index (χ4v) is 5.02. The highest BCUT2D eigenvalue weighted by atomic mass is 32.2. The lowest BCUT2D eigenvalue weighted by Crippen LogP contribution is -2.45. The van der Waals surface area contributed by atoms with E-state index in [0.29, 0.717) is 11.5 Å². The van der Waals surface area contributed by atoms with Crippen molar-refractivity contribution in [3.63, 3.8) is 0 Å². The highest BCUT2D eigenvalue weighted by Crippen LogP contribution is 2.25. The van der Waals surface area contributed by atoms with E-state index < -0.39 is 39.6 Å². The van der Waals surface area contributed by atoms with Gasteiger partial charge in [0.15, 0.2) is 0 Å². The number of nitrogens with zero attached hydrogens (tertiary/aromatic N) is 2. The lowest BCUT2D eigenvalue weighted by Gasteiger charge is -2.29. The van der Waals surface area contributed by atoms with Gasteiger partial charge >= 0.3 is 5.69 Å². The van der Waals surface area contributed by atoms with E-state index >= 15 is 0 Å². The summed E-state index contributed by atoms with van der Waals surface area (Å²) in [7, 11) is -4.08. The minimum Gasteiger partial charge on any atom is -0.457 e. The normalized spacial score (nSPS) is 12.3. The molecule has 0 aliphatic carbocycles. The molecule has 192 valence electrons. The number of H-pyrrole nitrogens is 1. The summed E-state index contributed by atoms with van der Waals surface area (Å²) in [5.41, 5.74) is 0.216. The average molecular weight is 519 g/mol. The van der Waals surface area contributed by atoms with Crippen molar-refractivity contribution in [3.8, 4) is 11.5 Å². The summed E-state index contributed by atoms with van der Waals surface area (Å²) in [6.45, 7) is 1.02. The van der Waals surface area contributed by atoms with Crippen LogP contribution in [0.4, 0.5) is 0 Å². The van der Waals surface area contributed by atoms with Crippen LogP contribution < -0.4 is 21.5 Å². The molecule has 1 amide bonds. The van der Waals surface area contributed by atoms with Gasteiger partial charge in [-0.25, -0.2) is 18.7 Å². The van der Waals surface area contributed by atoms with Crippen molar-refractivity contribution in [2.75, 3.05) is 13.2 Å². The van der Waals surface area contributed by atoms with Crippen LogP contribution in [-0.2, 0) is 26.3 Å². The molecular weight excluding hydrogens is 492 g/mol. The second-order valence-corrected chi connectivity index (χ2v) is 9.46. The molecule has 0 saturated carbocycles. The summed E-state index contributed by atoms with van der Waals surface area (Å²) >= 11 is 0. The predicted molar refractivity (Wildman–Crippen MR) is 128 cm³/mol. The molecule has 0 radical (unpaired) electrons. The molecule has 1 atom stereocenters. The van der Waals surface area contributed by atoms with Gasteiger partial charge in [0.25, 0.3) is 5.56 Å². The van der Waals surface area contributed by atoms with E-state index in [9.17, 15) is 22.8 Å². The number of ether oxygens (including phenoxy) is 2. The number of amides is 1. The van der Waals surface area contributed by atoms with Crippen molar-refractivity contribution in [1.29, 1.82) is 0 Å². The zero-order chi connectivity index (χ0) is 26.1. The quantitative estimate of drug-likeness (QED) is 0.239. The predicted octanol–water partition coefficient (Wildman–Crippen LogP) is 1.28.